The van der Waals surface area contributed by atoms with Crippen molar-refractivity contribution in [2.24, 2.45) is 5.73 Å². The van der Waals surface area contributed by atoms with E-state index in [9.17, 15) is 9.18 Å². The highest BCUT2D eigenvalue weighted by molar-refractivity contribution is 5.73. The van der Waals surface area contributed by atoms with Crippen molar-refractivity contribution in [3.8, 4) is 5.75 Å². The van der Waals surface area contributed by atoms with Gasteiger partial charge in [0.15, 0.2) is 0 Å². The second-order valence-corrected chi connectivity index (χ2v) is 5.42. The van der Waals surface area contributed by atoms with E-state index in [4.69, 9.17) is 10.5 Å². The minimum Gasteiger partial charge on any atom is -0.493 e. The molecule has 4 nitrogen and oxygen atoms in total. The van der Waals surface area contributed by atoms with Crippen LogP contribution < -0.4 is 15.8 Å². The number of benzene rings is 1. The minimum atomic E-state index is -0.420. The maximum Gasteiger partial charge on any atom is 0.220 e. The van der Waals surface area contributed by atoms with E-state index in [1.807, 2.05) is 20.8 Å². The molecule has 0 spiro atoms. The van der Waals surface area contributed by atoms with Gasteiger partial charge in [0, 0.05) is 17.6 Å². The lowest BCUT2D eigenvalue weighted by Gasteiger charge is -2.21. The number of carbonyl (C=O) groups is 1. The minimum absolute atomic E-state index is 0.0726. The summed E-state index contributed by atoms with van der Waals surface area (Å²) < 4.78 is 18.7. The Labute approximate surface area is 113 Å². The maximum absolute atomic E-state index is 13.3. The smallest absolute Gasteiger partial charge is 0.220 e. The van der Waals surface area contributed by atoms with Crippen LogP contribution in [0.15, 0.2) is 18.2 Å². The molecule has 0 aliphatic carbocycles. The summed E-state index contributed by atoms with van der Waals surface area (Å²) in [4.78, 5) is 10.7. The van der Waals surface area contributed by atoms with Crippen molar-refractivity contribution >= 4 is 5.91 Å². The zero-order chi connectivity index (χ0) is 14.5. The van der Waals surface area contributed by atoms with Gasteiger partial charge in [-0.15, -0.1) is 0 Å². The maximum atomic E-state index is 13.3. The van der Waals surface area contributed by atoms with Crippen LogP contribution >= 0.6 is 0 Å². The van der Waals surface area contributed by atoms with Gasteiger partial charge in [-0.1, -0.05) is 0 Å². The first-order valence-corrected chi connectivity index (χ1v) is 6.22. The van der Waals surface area contributed by atoms with E-state index in [1.165, 1.54) is 12.1 Å². The van der Waals surface area contributed by atoms with Gasteiger partial charge in [0.2, 0.25) is 5.91 Å². The van der Waals surface area contributed by atoms with Gasteiger partial charge in [-0.3, -0.25) is 4.79 Å². The summed E-state index contributed by atoms with van der Waals surface area (Å²) in [6.07, 6.45) is 0.142. The summed E-state index contributed by atoms with van der Waals surface area (Å²) in [6.45, 7) is 6.77. The summed E-state index contributed by atoms with van der Waals surface area (Å²) in [5.41, 5.74) is 5.69. The van der Waals surface area contributed by atoms with Crippen molar-refractivity contribution in [2.45, 2.75) is 39.3 Å². The molecular weight excluding hydrogens is 247 g/mol. The number of ether oxygens (including phenoxy) is 1. The van der Waals surface area contributed by atoms with Crippen LogP contribution in [0.25, 0.3) is 0 Å². The molecule has 0 aliphatic heterocycles. The third kappa shape index (κ3) is 6.20. The highest BCUT2D eigenvalue weighted by Crippen LogP contribution is 2.20. The van der Waals surface area contributed by atoms with E-state index in [2.05, 4.69) is 5.32 Å². The lowest BCUT2D eigenvalue weighted by atomic mass is 10.1. The molecule has 0 fully saturated rings. The van der Waals surface area contributed by atoms with Gasteiger partial charge < -0.3 is 15.8 Å². The Morgan fingerprint density at radius 3 is 2.68 bits per heavy atom. The van der Waals surface area contributed by atoms with Crippen molar-refractivity contribution in [3.63, 3.8) is 0 Å². The molecule has 0 bridgehead atoms. The molecule has 0 aliphatic rings. The number of rotatable bonds is 6. The van der Waals surface area contributed by atoms with Gasteiger partial charge in [0.1, 0.15) is 11.6 Å². The summed E-state index contributed by atoms with van der Waals surface area (Å²) in [5.74, 6) is -0.163. The van der Waals surface area contributed by atoms with Crippen molar-refractivity contribution in [2.75, 3.05) is 6.61 Å². The summed E-state index contributed by atoms with van der Waals surface area (Å²) in [5, 5.41) is 3.27. The van der Waals surface area contributed by atoms with Crippen LogP contribution in [0.1, 0.15) is 32.8 Å². The molecule has 0 radical (unpaired) electrons. The third-order valence-electron chi connectivity index (χ3n) is 2.44. The first-order chi connectivity index (χ1) is 8.78. The fourth-order valence-corrected chi connectivity index (χ4v) is 1.45. The average molecular weight is 268 g/mol. The van der Waals surface area contributed by atoms with Gasteiger partial charge in [0.25, 0.3) is 0 Å². The quantitative estimate of drug-likeness (QED) is 0.829. The fraction of sp³-hybridized carbons (Fsp3) is 0.500. The number of hydrogen-bond donors (Lipinski definition) is 2. The first kappa shape index (κ1) is 15.4. The molecule has 1 aromatic carbocycles. The molecule has 0 saturated carbocycles. The van der Waals surface area contributed by atoms with Gasteiger partial charge in [-0.05, 0) is 39.0 Å². The number of primary amides is 1. The van der Waals surface area contributed by atoms with Crippen LogP contribution in [0, 0.1) is 5.82 Å². The molecule has 1 rings (SSSR count). The zero-order valence-corrected chi connectivity index (χ0v) is 11.6. The molecule has 0 aromatic heterocycles. The topological polar surface area (TPSA) is 64.3 Å². The van der Waals surface area contributed by atoms with Gasteiger partial charge in [0.05, 0.1) is 13.0 Å². The highest BCUT2D eigenvalue weighted by Gasteiger charge is 2.12. The summed E-state index contributed by atoms with van der Waals surface area (Å²) in [6, 6.07) is 4.33. The molecular formula is C14H21FN2O2. The second-order valence-electron chi connectivity index (χ2n) is 5.42. The Morgan fingerprint density at radius 1 is 1.42 bits per heavy atom. The molecule has 5 heteroatoms. The van der Waals surface area contributed by atoms with Gasteiger partial charge in [-0.2, -0.15) is 0 Å². The SMILES string of the molecule is CC(C)(C)NCc1cc(F)ccc1OCCC(N)=O. The van der Waals surface area contributed by atoms with Crippen LogP contribution in [0.2, 0.25) is 0 Å². The van der Waals surface area contributed by atoms with Crippen LogP contribution in [-0.4, -0.2) is 18.1 Å². The number of nitrogens with one attached hydrogen (secondary N) is 1. The van der Waals surface area contributed by atoms with Crippen molar-refractivity contribution < 1.29 is 13.9 Å². The van der Waals surface area contributed by atoms with Crippen LogP contribution in [0.4, 0.5) is 4.39 Å². The zero-order valence-electron chi connectivity index (χ0n) is 11.6. The Morgan fingerprint density at radius 2 is 2.11 bits per heavy atom. The van der Waals surface area contributed by atoms with Crippen molar-refractivity contribution in [1.82, 2.24) is 5.32 Å². The lowest BCUT2D eigenvalue weighted by Crippen LogP contribution is -2.35. The summed E-state index contributed by atoms with van der Waals surface area (Å²) >= 11 is 0. The van der Waals surface area contributed by atoms with Crippen molar-refractivity contribution in [1.29, 1.82) is 0 Å². The van der Waals surface area contributed by atoms with Crippen LogP contribution in [0.5, 0.6) is 5.75 Å². The molecule has 0 heterocycles. The van der Waals surface area contributed by atoms with Gasteiger partial charge >= 0.3 is 0 Å². The van der Waals surface area contributed by atoms with Crippen molar-refractivity contribution in [3.05, 3.63) is 29.6 Å². The van der Waals surface area contributed by atoms with E-state index in [0.717, 1.165) is 5.56 Å². The van der Waals surface area contributed by atoms with Crippen LogP contribution in [0.3, 0.4) is 0 Å². The molecule has 3 N–H and O–H groups in total. The molecule has 106 valence electrons. The second kappa shape index (κ2) is 6.52. The van der Waals surface area contributed by atoms with E-state index < -0.39 is 5.91 Å². The molecule has 1 aromatic rings. The average Bonchev–Trinajstić information content (AvgIpc) is 2.27. The van der Waals surface area contributed by atoms with E-state index >= 15 is 0 Å². The molecule has 1 amide bonds. The fourth-order valence-electron chi connectivity index (χ4n) is 1.45. The standard InChI is InChI=1S/C14H21FN2O2/c1-14(2,3)17-9-10-8-11(15)4-5-12(10)19-7-6-13(16)18/h4-5,8,17H,6-7,9H2,1-3H3,(H2,16,18). The van der Waals surface area contributed by atoms with Crippen LogP contribution in [-0.2, 0) is 11.3 Å². The third-order valence-corrected chi connectivity index (χ3v) is 2.44. The summed E-state index contributed by atoms with van der Waals surface area (Å²) in [7, 11) is 0. The number of carbonyl (C=O) groups excluding carboxylic acids is 1. The Bertz CT molecular complexity index is 442. The van der Waals surface area contributed by atoms with Gasteiger partial charge in [-0.25, -0.2) is 4.39 Å². The Balaban J connectivity index is 2.71. The van der Waals surface area contributed by atoms with E-state index in [1.54, 1.807) is 6.07 Å². The predicted molar refractivity (Wildman–Crippen MR) is 72.3 cm³/mol. The molecule has 0 unspecified atom stereocenters. The molecule has 19 heavy (non-hydrogen) atoms. The molecule has 0 atom stereocenters. The normalized spacial score (nSPS) is 11.4. The largest absolute Gasteiger partial charge is 0.493 e. The number of amides is 1. The number of nitrogens with two attached hydrogens (primary N) is 1. The van der Waals surface area contributed by atoms with E-state index in [0.29, 0.717) is 12.3 Å². The molecule has 0 saturated heterocycles. The predicted octanol–water partition coefficient (Wildman–Crippen LogP) is 1.97. The Kier molecular flexibility index (Phi) is 5.30. The first-order valence-electron chi connectivity index (χ1n) is 6.22. The van der Waals surface area contributed by atoms with E-state index in [-0.39, 0.29) is 24.4 Å². The number of halogens is 1. The monoisotopic (exact) mass is 268 g/mol. The Hall–Kier alpha value is -1.62. The highest BCUT2D eigenvalue weighted by atomic mass is 19.1. The number of hydrogen-bond acceptors (Lipinski definition) is 3. The lowest BCUT2D eigenvalue weighted by molar-refractivity contribution is -0.118.